The van der Waals surface area contributed by atoms with Crippen LogP contribution in [-0.4, -0.2) is 47.9 Å². The average molecular weight is 484 g/mol. The van der Waals surface area contributed by atoms with Crippen molar-refractivity contribution in [1.29, 1.82) is 0 Å². The first-order valence-corrected chi connectivity index (χ1v) is 15.1. The molecule has 7 heteroatoms. The van der Waals surface area contributed by atoms with Crippen molar-refractivity contribution in [3.05, 3.63) is 83.3 Å². The van der Waals surface area contributed by atoms with Crippen molar-refractivity contribution >= 4 is 36.4 Å². The average Bonchev–Trinajstić information content (AvgIpc) is 3.26. The molecule has 6 nitrogen and oxygen atoms in total. The van der Waals surface area contributed by atoms with Gasteiger partial charge in [-0.2, -0.15) is 0 Å². The third-order valence-corrected chi connectivity index (χ3v) is 6.40. The van der Waals surface area contributed by atoms with Gasteiger partial charge in [0.25, 0.3) is 5.91 Å². The Bertz CT molecular complexity index is 1470. The summed E-state index contributed by atoms with van der Waals surface area (Å²) in [6.07, 6.45) is 1.60. The first kappa shape index (κ1) is 24.2. The van der Waals surface area contributed by atoms with E-state index in [1.165, 1.54) is 0 Å². The minimum absolute atomic E-state index is 0.146. The fraction of sp³-hybridized carbons (Fsp3) is 0.250. The Morgan fingerprint density at radius 2 is 1.80 bits per heavy atom. The van der Waals surface area contributed by atoms with Crippen LogP contribution in [0.3, 0.4) is 0 Å². The molecule has 0 bridgehead atoms. The lowest BCUT2D eigenvalue weighted by atomic mass is 10.0. The molecule has 4 aromatic rings. The summed E-state index contributed by atoms with van der Waals surface area (Å²) in [4.78, 5) is 32.2. The van der Waals surface area contributed by atoms with E-state index in [1.54, 1.807) is 31.3 Å². The number of amides is 1. The second-order valence-corrected chi connectivity index (χ2v) is 14.3. The number of ether oxygens (including phenoxy) is 1. The topological polar surface area (TPSA) is 63.9 Å². The third-order valence-electron chi connectivity index (χ3n) is 5.52. The summed E-state index contributed by atoms with van der Waals surface area (Å²) in [5.41, 5.74) is 7.28. The lowest BCUT2D eigenvalue weighted by molar-refractivity contribution is 0.0522. The highest BCUT2D eigenvalue weighted by molar-refractivity contribution is 6.83. The van der Waals surface area contributed by atoms with Gasteiger partial charge in [-0.15, -0.1) is 5.54 Å². The fourth-order valence-electron chi connectivity index (χ4n) is 3.87. The van der Waals surface area contributed by atoms with Crippen molar-refractivity contribution in [2.75, 3.05) is 13.7 Å². The van der Waals surface area contributed by atoms with E-state index < -0.39 is 14.0 Å². The molecule has 0 saturated carbocycles. The van der Waals surface area contributed by atoms with Gasteiger partial charge in [-0.25, -0.2) is 9.78 Å². The molecule has 0 aliphatic heterocycles. The number of rotatable bonds is 5. The largest absolute Gasteiger partial charge is 0.461 e. The Morgan fingerprint density at radius 3 is 2.49 bits per heavy atom. The summed E-state index contributed by atoms with van der Waals surface area (Å²) in [5.74, 6) is 2.63. The highest BCUT2D eigenvalue weighted by atomic mass is 28.3. The monoisotopic (exact) mass is 483 g/mol. The van der Waals surface area contributed by atoms with Gasteiger partial charge < -0.3 is 9.64 Å². The number of hydrogen-bond acceptors (Lipinski definition) is 4. The molecule has 0 unspecified atom stereocenters. The number of carbonyl (C=O) groups is 2. The molecular weight excluding hydrogens is 454 g/mol. The van der Waals surface area contributed by atoms with Gasteiger partial charge in [-0.3, -0.25) is 9.20 Å². The van der Waals surface area contributed by atoms with E-state index >= 15 is 0 Å². The van der Waals surface area contributed by atoms with Crippen LogP contribution in [0.4, 0.5) is 0 Å². The molecule has 2 aromatic carbocycles. The fourth-order valence-corrected chi connectivity index (χ4v) is 4.39. The normalized spacial score (nSPS) is 11.2. The van der Waals surface area contributed by atoms with Crippen molar-refractivity contribution in [2.45, 2.75) is 33.1 Å². The Hall–Kier alpha value is -3.89. The van der Waals surface area contributed by atoms with E-state index in [9.17, 15) is 9.59 Å². The van der Waals surface area contributed by atoms with Crippen molar-refractivity contribution in [2.24, 2.45) is 0 Å². The number of esters is 1. The molecule has 35 heavy (non-hydrogen) atoms. The third kappa shape index (κ3) is 5.28. The van der Waals surface area contributed by atoms with E-state index in [1.807, 2.05) is 52.9 Å². The summed E-state index contributed by atoms with van der Waals surface area (Å²) in [6.45, 7) is 9.05. The molecule has 0 atom stereocenters. The number of aromatic nitrogens is 2. The van der Waals surface area contributed by atoms with Gasteiger partial charge in [-0.05, 0) is 36.8 Å². The highest BCUT2D eigenvalue weighted by Gasteiger charge is 2.22. The molecule has 0 radical (unpaired) electrons. The summed E-state index contributed by atoms with van der Waals surface area (Å²) in [7, 11) is 0.213. The van der Waals surface area contributed by atoms with Crippen LogP contribution in [0, 0.1) is 11.5 Å². The second kappa shape index (κ2) is 9.77. The van der Waals surface area contributed by atoms with Gasteiger partial charge in [0.2, 0.25) is 0 Å². The zero-order valence-corrected chi connectivity index (χ0v) is 21.8. The van der Waals surface area contributed by atoms with Crippen LogP contribution in [0.5, 0.6) is 0 Å². The van der Waals surface area contributed by atoms with Crippen molar-refractivity contribution in [3.63, 3.8) is 0 Å². The summed E-state index contributed by atoms with van der Waals surface area (Å²) in [6, 6.07) is 17.4. The van der Waals surface area contributed by atoms with Crippen LogP contribution < -0.4 is 0 Å². The van der Waals surface area contributed by atoms with Gasteiger partial charge in [0.05, 0.1) is 23.2 Å². The number of nitrogens with zero attached hydrogens (tertiary/aromatic N) is 3. The smallest absolute Gasteiger partial charge is 0.359 e. The quantitative estimate of drug-likeness (QED) is 0.223. The van der Waals surface area contributed by atoms with E-state index in [0.717, 1.165) is 22.0 Å². The van der Waals surface area contributed by atoms with Crippen molar-refractivity contribution < 1.29 is 14.3 Å². The predicted molar refractivity (Wildman–Crippen MR) is 141 cm³/mol. The molecule has 0 aliphatic rings. The number of pyridine rings is 1. The molecule has 1 amide bonds. The number of benzene rings is 2. The molecule has 0 spiro atoms. The molecule has 2 heterocycles. The Morgan fingerprint density at radius 1 is 1.06 bits per heavy atom. The van der Waals surface area contributed by atoms with E-state index in [0.29, 0.717) is 17.6 Å². The van der Waals surface area contributed by atoms with Crippen LogP contribution in [0.15, 0.2) is 60.9 Å². The first-order chi connectivity index (χ1) is 16.7. The number of imidazole rings is 1. The summed E-state index contributed by atoms with van der Waals surface area (Å²) < 4.78 is 7.02. The number of fused-ring (bicyclic) bond motifs is 3. The molecule has 178 valence electrons. The van der Waals surface area contributed by atoms with Gasteiger partial charge >= 0.3 is 5.97 Å². The van der Waals surface area contributed by atoms with Crippen LogP contribution >= 0.6 is 0 Å². The van der Waals surface area contributed by atoms with E-state index in [4.69, 9.17) is 4.74 Å². The molecule has 0 saturated heterocycles. The van der Waals surface area contributed by atoms with Crippen molar-refractivity contribution in [3.8, 4) is 11.5 Å². The van der Waals surface area contributed by atoms with Crippen LogP contribution in [0.2, 0.25) is 19.6 Å². The SMILES string of the molecule is CCOC(=O)c1ncn2c1cc(C(=O)N(C)Cc1ccccc1)c1cc(C#C[Si](C)(C)C)ccc12. The minimum Gasteiger partial charge on any atom is -0.461 e. The van der Waals surface area contributed by atoms with Crippen molar-refractivity contribution in [1.82, 2.24) is 14.3 Å². The highest BCUT2D eigenvalue weighted by Crippen LogP contribution is 2.27. The second-order valence-electron chi connectivity index (χ2n) is 9.51. The van der Waals surface area contributed by atoms with Gasteiger partial charge in [-0.1, -0.05) is 55.9 Å². The Balaban J connectivity index is 1.89. The zero-order chi connectivity index (χ0) is 25.2. The number of hydrogen-bond donors (Lipinski definition) is 0. The maximum Gasteiger partial charge on any atom is 0.359 e. The minimum atomic E-state index is -1.57. The molecule has 0 N–H and O–H groups in total. The predicted octanol–water partition coefficient (Wildman–Crippen LogP) is 5.17. The standard InChI is InChI=1S/C28H29N3O3Si/c1-6-34-28(33)26-25-17-23(27(32)30(2)18-21-10-8-7-9-11-21)22-16-20(14-15-35(3,4)5)12-13-24(22)31(25)19-29-26/h7-13,16-17,19H,6,18H2,1-5H3. The molecule has 0 fully saturated rings. The molecular formula is C28H29N3O3Si. The molecule has 4 rings (SSSR count). The summed E-state index contributed by atoms with van der Waals surface area (Å²) >= 11 is 0. The summed E-state index contributed by atoms with van der Waals surface area (Å²) in [5, 5.41) is 0.762. The number of carbonyl (C=O) groups excluding carboxylic acids is 2. The lowest BCUT2D eigenvalue weighted by Crippen LogP contribution is -2.26. The zero-order valence-electron chi connectivity index (χ0n) is 20.8. The van der Waals surface area contributed by atoms with Gasteiger partial charge in [0.15, 0.2) is 5.69 Å². The van der Waals surface area contributed by atoms with Gasteiger partial charge in [0, 0.05) is 24.5 Å². The Kier molecular flexibility index (Phi) is 6.76. The van der Waals surface area contributed by atoms with E-state index in [-0.39, 0.29) is 18.2 Å². The Labute approximate surface area is 206 Å². The van der Waals surface area contributed by atoms with Crippen LogP contribution in [-0.2, 0) is 11.3 Å². The van der Waals surface area contributed by atoms with Gasteiger partial charge in [0.1, 0.15) is 14.4 Å². The first-order valence-electron chi connectivity index (χ1n) is 11.6. The maximum absolute atomic E-state index is 13.7. The van der Waals surface area contributed by atoms with Crippen LogP contribution in [0.1, 0.15) is 38.9 Å². The van der Waals surface area contributed by atoms with Crippen LogP contribution in [0.25, 0.3) is 16.4 Å². The molecule has 0 aliphatic carbocycles. The maximum atomic E-state index is 13.7. The molecule has 2 aromatic heterocycles. The van der Waals surface area contributed by atoms with E-state index in [2.05, 4.69) is 36.1 Å². The lowest BCUT2D eigenvalue weighted by Gasteiger charge is -2.19.